The maximum atomic E-state index is 9.89. The van der Waals surface area contributed by atoms with Gasteiger partial charge in [-0.1, -0.05) is 13.8 Å². The number of aryl methyl sites for hydroxylation is 1. The van der Waals surface area contributed by atoms with Crippen molar-refractivity contribution < 1.29 is 5.11 Å². The molecular weight excluding hydrogens is 238 g/mol. The molecule has 0 amide bonds. The lowest BCUT2D eigenvalue weighted by Gasteiger charge is -2.38. The summed E-state index contributed by atoms with van der Waals surface area (Å²) in [6.07, 6.45) is 4.01. The third-order valence-electron chi connectivity index (χ3n) is 4.35. The van der Waals surface area contributed by atoms with Gasteiger partial charge in [-0.3, -0.25) is 0 Å². The molecule has 4 heteroatoms. The van der Waals surface area contributed by atoms with Crippen molar-refractivity contribution in [1.82, 2.24) is 9.97 Å². The molecule has 0 radical (unpaired) electrons. The van der Waals surface area contributed by atoms with Gasteiger partial charge >= 0.3 is 0 Å². The van der Waals surface area contributed by atoms with Crippen molar-refractivity contribution in [2.45, 2.75) is 70.6 Å². The van der Waals surface area contributed by atoms with Gasteiger partial charge in [0.15, 0.2) is 0 Å². The predicted octanol–water partition coefficient (Wildman–Crippen LogP) is 2.40. The summed E-state index contributed by atoms with van der Waals surface area (Å²) in [5.41, 5.74) is 1.04. The molecule has 1 aromatic heterocycles. The molecule has 104 valence electrons. The Morgan fingerprint density at radius 1 is 1.21 bits per heavy atom. The van der Waals surface area contributed by atoms with Gasteiger partial charge < -0.3 is 10.0 Å². The van der Waals surface area contributed by atoms with E-state index in [1.165, 1.54) is 12.8 Å². The SMILES string of the molecule is Cc1cc(N2C3CCC2CC(O)C3)nc(C(C)C)n1. The van der Waals surface area contributed by atoms with Gasteiger partial charge in [-0.15, -0.1) is 0 Å². The van der Waals surface area contributed by atoms with Crippen LogP contribution in [0.25, 0.3) is 0 Å². The molecule has 0 aromatic carbocycles. The third kappa shape index (κ3) is 2.34. The van der Waals surface area contributed by atoms with Gasteiger partial charge in [-0.05, 0) is 32.6 Å². The van der Waals surface area contributed by atoms with Crippen molar-refractivity contribution in [3.63, 3.8) is 0 Å². The van der Waals surface area contributed by atoms with E-state index in [2.05, 4.69) is 29.8 Å². The van der Waals surface area contributed by atoms with E-state index in [0.29, 0.717) is 18.0 Å². The Labute approximate surface area is 114 Å². The van der Waals surface area contributed by atoms with Crippen LogP contribution < -0.4 is 4.90 Å². The fourth-order valence-corrected chi connectivity index (χ4v) is 3.49. The number of hydrogen-bond donors (Lipinski definition) is 1. The topological polar surface area (TPSA) is 49.2 Å². The Morgan fingerprint density at radius 3 is 2.42 bits per heavy atom. The zero-order valence-electron chi connectivity index (χ0n) is 12.0. The number of nitrogens with zero attached hydrogens (tertiary/aromatic N) is 3. The molecule has 2 fully saturated rings. The summed E-state index contributed by atoms with van der Waals surface area (Å²) in [6, 6.07) is 3.01. The Hall–Kier alpha value is -1.16. The summed E-state index contributed by atoms with van der Waals surface area (Å²) < 4.78 is 0. The van der Waals surface area contributed by atoms with E-state index in [-0.39, 0.29) is 6.10 Å². The molecular formula is C15H23N3O. The standard InChI is InChI=1S/C15H23N3O/c1-9(2)15-16-10(3)6-14(17-15)18-11-4-5-12(18)8-13(19)7-11/h6,9,11-13,19H,4-5,7-8H2,1-3H3. The van der Waals surface area contributed by atoms with Crippen molar-refractivity contribution >= 4 is 5.82 Å². The van der Waals surface area contributed by atoms with Crippen molar-refractivity contribution in [2.75, 3.05) is 4.90 Å². The van der Waals surface area contributed by atoms with Gasteiger partial charge in [-0.2, -0.15) is 0 Å². The van der Waals surface area contributed by atoms with Crippen LogP contribution in [0, 0.1) is 6.92 Å². The van der Waals surface area contributed by atoms with Gasteiger partial charge in [0.1, 0.15) is 11.6 Å². The van der Waals surface area contributed by atoms with Gasteiger partial charge in [0.2, 0.25) is 0 Å². The first-order valence-electron chi connectivity index (χ1n) is 7.36. The molecule has 4 nitrogen and oxygen atoms in total. The summed E-state index contributed by atoms with van der Waals surface area (Å²) >= 11 is 0. The number of aliphatic hydroxyl groups excluding tert-OH is 1. The van der Waals surface area contributed by atoms with Crippen LogP contribution in [0.1, 0.15) is 57.0 Å². The molecule has 1 N–H and O–H groups in total. The lowest BCUT2D eigenvalue weighted by atomic mass is 10.00. The lowest BCUT2D eigenvalue weighted by Crippen LogP contribution is -2.45. The van der Waals surface area contributed by atoms with Gasteiger partial charge in [0.05, 0.1) is 6.10 Å². The lowest BCUT2D eigenvalue weighted by molar-refractivity contribution is 0.126. The van der Waals surface area contributed by atoms with E-state index in [9.17, 15) is 5.11 Å². The molecule has 1 aromatic rings. The van der Waals surface area contributed by atoms with Crippen LogP contribution in [0.3, 0.4) is 0 Å². The van der Waals surface area contributed by atoms with E-state index in [4.69, 9.17) is 4.98 Å². The minimum Gasteiger partial charge on any atom is -0.393 e. The van der Waals surface area contributed by atoms with Gasteiger partial charge in [0.25, 0.3) is 0 Å². The largest absolute Gasteiger partial charge is 0.393 e. The fraction of sp³-hybridized carbons (Fsp3) is 0.733. The van der Waals surface area contributed by atoms with E-state index in [0.717, 1.165) is 30.2 Å². The molecule has 0 saturated carbocycles. The van der Waals surface area contributed by atoms with Crippen molar-refractivity contribution in [1.29, 1.82) is 0 Å². The molecule has 3 rings (SSSR count). The minimum absolute atomic E-state index is 0.124. The molecule has 2 atom stereocenters. The Balaban J connectivity index is 1.94. The first-order chi connectivity index (χ1) is 9.04. The van der Waals surface area contributed by atoms with E-state index >= 15 is 0 Å². The molecule has 3 heterocycles. The normalized spacial score (nSPS) is 30.2. The molecule has 2 bridgehead atoms. The van der Waals surface area contributed by atoms with Crippen LogP contribution in [0.4, 0.5) is 5.82 Å². The highest BCUT2D eigenvalue weighted by Gasteiger charge is 2.41. The summed E-state index contributed by atoms with van der Waals surface area (Å²) in [6.45, 7) is 6.30. The molecule has 19 heavy (non-hydrogen) atoms. The number of rotatable bonds is 2. The van der Waals surface area contributed by atoms with Crippen molar-refractivity contribution in [3.8, 4) is 0 Å². The zero-order valence-corrected chi connectivity index (χ0v) is 12.0. The number of fused-ring (bicyclic) bond motifs is 2. The van der Waals surface area contributed by atoms with Gasteiger partial charge in [-0.25, -0.2) is 9.97 Å². The molecule has 0 aliphatic carbocycles. The average Bonchev–Trinajstić information content (AvgIpc) is 2.61. The van der Waals surface area contributed by atoms with Gasteiger partial charge in [0, 0.05) is 29.8 Å². The summed E-state index contributed by atoms with van der Waals surface area (Å²) in [4.78, 5) is 11.7. The highest BCUT2D eigenvalue weighted by molar-refractivity contribution is 5.45. The van der Waals surface area contributed by atoms with Crippen molar-refractivity contribution in [3.05, 3.63) is 17.6 Å². The smallest absolute Gasteiger partial charge is 0.133 e. The maximum Gasteiger partial charge on any atom is 0.133 e. The highest BCUT2D eigenvalue weighted by Crippen LogP contribution is 2.38. The molecule has 0 spiro atoms. The van der Waals surface area contributed by atoms with E-state index in [1.807, 2.05) is 6.92 Å². The summed E-state index contributed by atoms with van der Waals surface area (Å²) in [5.74, 6) is 2.35. The Bertz CT molecular complexity index is 460. The molecule has 2 aliphatic rings. The van der Waals surface area contributed by atoms with Crippen LogP contribution in [0.5, 0.6) is 0 Å². The predicted molar refractivity (Wildman–Crippen MR) is 75.4 cm³/mol. The van der Waals surface area contributed by atoms with E-state index in [1.54, 1.807) is 0 Å². The first kappa shape index (κ1) is 12.9. The Morgan fingerprint density at radius 2 is 1.84 bits per heavy atom. The third-order valence-corrected chi connectivity index (χ3v) is 4.35. The monoisotopic (exact) mass is 261 g/mol. The number of anilines is 1. The minimum atomic E-state index is -0.124. The van der Waals surface area contributed by atoms with Crippen LogP contribution >= 0.6 is 0 Å². The second kappa shape index (κ2) is 4.75. The van der Waals surface area contributed by atoms with Crippen LogP contribution in [-0.2, 0) is 0 Å². The molecule has 2 aliphatic heterocycles. The number of aliphatic hydroxyl groups is 1. The van der Waals surface area contributed by atoms with Crippen LogP contribution in [0.2, 0.25) is 0 Å². The highest BCUT2D eigenvalue weighted by atomic mass is 16.3. The second-order valence-electron chi connectivity index (χ2n) is 6.30. The second-order valence-corrected chi connectivity index (χ2v) is 6.30. The van der Waals surface area contributed by atoms with Crippen LogP contribution in [-0.4, -0.2) is 33.3 Å². The van der Waals surface area contributed by atoms with E-state index < -0.39 is 0 Å². The number of aromatic nitrogens is 2. The molecule has 2 saturated heterocycles. The van der Waals surface area contributed by atoms with Crippen LogP contribution in [0.15, 0.2) is 6.07 Å². The zero-order chi connectivity index (χ0) is 13.6. The molecule has 2 unspecified atom stereocenters. The first-order valence-corrected chi connectivity index (χ1v) is 7.36. The average molecular weight is 261 g/mol. The number of hydrogen-bond acceptors (Lipinski definition) is 4. The summed E-state index contributed by atoms with van der Waals surface area (Å²) in [5, 5.41) is 9.89. The Kier molecular flexibility index (Phi) is 3.21. The van der Waals surface area contributed by atoms with Crippen molar-refractivity contribution in [2.24, 2.45) is 0 Å². The number of piperidine rings is 1. The summed E-state index contributed by atoms with van der Waals surface area (Å²) in [7, 11) is 0. The maximum absolute atomic E-state index is 9.89. The fourth-order valence-electron chi connectivity index (χ4n) is 3.49. The quantitative estimate of drug-likeness (QED) is 0.888.